The topological polar surface area (TPSA) is 144 Å². The molecule has 3 saturated carbocycles. The third-order valence-corrected chi connectivity index (χ3v) is 12.9. The fourth-order valence-corrected chi connectivity index (χ4v) is 10.5. The van der Waals surface area contributed by atoms with Crippen LogP contribution in [0.5, 0.6) is 0 Å². The molecule has 0 aromatic carbocycles. The number of esters is 4. The zero-order valence-electron chi connectivity index (χ0n) is 32.0. The van der Waals surface area contributed by atoms with E-state index in [1.807, 2.05) is 13.8 Å². The lowest BCUT2D eigenvalue weighted by Gasteiger charge is -2.55. The van der Waals surface area contributed by atoms with Gasteiger partial charge >= 0.3 is 23.9 Å². The van der Waals surface area contributed by atoms with E-state index in [1.54, 1.807) is 5.57 Å². The minimum Gasteiger partial charge on any atom is -0.467 e. The van der Waals surface area contributed by atoms with E-state index in [9.17, 15) is 24.3 Å². The third-order valence-electron chi connectivity index (χ3n) is 12.9. The number of carbonyl (C=O) groups is 4. The lowest BCUT2D eigenvalue weighted by Crippen LogP contribution is -2.64. The summed E-state index contributed by atoms with van der Waals surface area (Å²) in [5, 5.41) is 10.2. The summed E-state index contributed by atoms with van der Waals surface area (Å²) in [6, 6.07) is 0. The zero-order valence-corrected chi connectivity index (χ0v) is 32.0. The first kappa shape index (κ1) is 39.4. The Labute approximate surface area is 303 Å². The number of ether oxygens (including phenoxy) is 6. The van der Waals surface area contributed by atoms with Gasteiger partial charge in [0.2, 0.25) is 0 Å². The van der Waals surface area contributed by atoms with E-state index in [1.165, 1.54) is 45.8 Å². The quantitative estimate of drug-likeness (QED) is 0.195. The van der Waals surface area contributed by atoms with Crippen LogP contribution in [0.15, 0.2) is 23.3 Å². The number of carbonyl (C=O) groups excluding carboxylic acids is 4. The van der Waals surface area contributed by atoms with Gasteiger partial charge in [-0.25, -0.2) is 4.79 Å². The summed E-state index contributed by atoms with van der Waals surface area (Å²) in [5.74, 6) is -0.663. The minimum atomic E-state index is -1.48. The molecule has 4 aliphatic carbocycles. The smallest absolute Gasteiger partial charge is 0.339 e. The van der Waals surface area contributed by atoms with Crippen molar-refractivity contribution in [2.24, 2.45) is 34.5 Å². The van der Waals surface area contributed by atoms with Gasteiger partial charge in [0, 0.05) is 20.8 Å². The van der Waals surface area contributed by atoms with Crippen LogP contribution in [0.2, 0.25) is 0 Å². The molecule has 5 aliphatic rings. The molecule has 5 rings (SSSR count). The van der Waals surface area contributed by atoms with E-state index >= 15 is 0 Å². The van der Waals surface area contributed by atoms with E-state index in [0.29, 0.717) is 36.5 Å². The van der Waals surface area contributed by atoms with Crippen molar-refractivity contribution >= 4 is 23.9 Å². The van der Waals surface area contributed by atoms with Gasteiger partial charge in [-0.1, -0.05) is 56.9 Å². The summed E-state index contributed by atoms with van der Waals surface area (Å²) >= 11 is 0. The maximum absolute atomic E-state index is 12.9. The number of methoxy groups -OCH3 is 1. The number of aliphatic hydroxyl groups is 1. The molecule has 0 spiro atoms. The molecule has 0 unspecified atom stereocenters. The summed E-state index contributed by atoms with van der Waals surface area (Å²) in [6.07, 6.45) is 7.56. The fraction of sp³-hybridized carbons (Fsp3) is 0.800. The molecule has 1 saturated heterocycles. The lowest BCUT2D eigenvalue weighted by atomic mass is 9.50. The highest BCUT2D eigenvalue weighted by Crippen LogP contribution is 2.66. The fourth-order valence-electron chi connectivity index (χ4n) is 10.5. The van der Waals surface area contributed by atoms with Gasteiger partial charge in [-0.2, -0.15) is 0 Å². The van der Waals surface area contributed by atoms with Crippen LogP contribution in [0.4, 0.5) is 0 Å². The Hall–Kier alpha value is -2.76. The Morgan fingerprint density at radius 2 is 1.55 bits per heavy atom. The molecule has 51 heavy (non-hydrogen) atoms. The van der Waals surface area contributed by atoms with Gasteiger partial charge in [0.25, 0.3) is 0 Å². The third kappa shape index (κ3) is 8.25. The Morgan fingerprint density at radius 3 is 2.18 bits per heavy atom. The van der Waals surface area contributed by atoms with Crippen molar-refractivity contribution in [1.82, 2.24) is 0 Å². The van der Waals surface area contributed by atoms with Crippen LogP contribution in [0, 0.1) is 34.5 Å². The Balaban J connectivity index is 1.35. The van der Waals surface area contributed by atoms with E-state index in [0.717, 1.165) is 39.0 Å². The van der Waals surface area contributed by atoms with E-state index in [2.05, 4.69) is 32.9 Å². The van der Waals surface area contributed by atoms with Gasteiger partial charge < -0.3 is 33.5 Å². The molecular weight excluding hydrogens is 656 g/mol. The van der Waals surface area contributed by atoms with Crippen LogP contribution in [0.25, 0.3) is 0 Å². The highest BCUT2D eigenvalue weighted by atomic mass is 16.7. The largest absolute Gasteiger partial charge is 0.467 e. The molecule has 1 N–H and O–H groups in total. The van der Waals surface area contributed by atoms with Gasteiger partial charge in [0.1, 0.15) is 0 Å². The van der Waals surface area contributed by atoms with Crippen LogP contribution in [-0.2, 0) is 47.6 Å². The van der Waals surface area contributed by atoms with Crippen LogP contribution >= 0.6 is 0 Å². The Morgan fingerprint density at radius 1 is 0.902 bits per heavy atom. The second-order valence-corrected chi connectivity index (χ2v) is 17.0. The monoisotopic (exact) mass is 716 g/mol. The van der Waals surface area contributed by atoms with E-state index < -0.39 is 60.2 Å². The molecule has 286 valence electrons. The van der Waals surface area contributed by atoms with Crippen LogP contribution in [0.1, 0.15) is 120 Å². The van der Waals surface area contributed by atoms with Gasteiger partial charge in [0.05, 0.1) is 18.8 Å². The summed E-state index contributed by atoms with van der Waals surface area (Å²) < 4.78 is 34.1. The van der Waals surface area contributed by atoms with Gasteiger partial charge in [-0.3, -0.25) is 14.4 Å². The molecule has 1 aliphatic heterocycles. The Kier molecular flexibility index (Phi) is 11.8. The predicted octanol–water partition coefficient (Wildman–Crippen LogP) is 6.14. The van der Waals surface area contributed by atoms with Gasteiger partial charge in [-0.15, -0.1) is 0 Å². The van der Waals surface area contributed by atoms with E-state index in [4.69, 9.17) is 28.4 Å². The average Bonchev–Trinajstić information content (AvgIpc) is 3.39. The first-order valence-electron chi connectivity index (χ1n) is 18.9. The molecule has 1 heterocycles. The highest BCUT2D eigenvalue weighted by molar-refractivity contribution is 5.77. The van der Waals surface area contributed by atoms with Crippen molar-refractivity contribution in [2.45, 2.75) is 162 Å². The van der Waals surface area contributed by atoms with Crippen LogP contribution in [0.3, 0.4) is 0 Å². The molecule has 0 amide bonds. The lowest BCUT2D eigenvalue weighted by molar-refractivity contribution is -0.311. The van der Waals surface area contributed by atoms with Crippen molar-refractivity contribution in [3.05, 3.63) is 23.3 Å². The standard InChI is InChI=1S/C40H60O11/c1-22(11-10-18-38(5,6)45)29-14-15-30-28-13-12-26-21-27(16-19-39(26,7)31(28)17-20-40(29,30)8)50-37-35(49-25(4)43)33(48-24(3)42)32(47-23(2)41)34(51-37)36(44)46-9/h12-13,22,27,29-35,37,45H,10-11,14-21H2,1-9H3/t22-,27+,29-,30+,31+,32+,33+,34+,35-,37-,39+,40-/m1/s1. The van der Waals surface area contributed by atoms with Crippen molar-refractivity contribution in [3.63, 3.8) is 0 Å². The molecule has 12 atom stereocenters. The number of hydrogen-bond acceptors (Lipinski definition) is 11. The van der Waals surface area contributed by atoms with Crippen molar-refractivity contribution < 1.29 is 52.7 Å². The van der Waals surface area contributed by atoms with Crippen molar-refractivity contribution in [3.8, 4) is 0 Å². The molecule has 11 nitrogen and oxygen atoms in total. The number of hydrogen-bond donors (Lipinski definition) is 1. The SMILES string of the molecule is COC(=O)[C@H]1O[C@@H](O[C@H]2CC[C@@]3(C)C(=CC=C4[C@@H]5CC[C@H]([C@H](C)CCCC(C)(C)O)[C@@]5(C)CC[C@@H]43)C2)[C@H](OC(C)=O)[C@@H](OC(C)=O)[C@@H]1OC(C)=O. The van der Waals surface area contributed by atoms with Gasteiger partial charge in [0.15, 0.2) is 30.7 Å². The molecular formula is C40H60O11. The number of rotatable bonds is 11. The molecule has 0 aromatic rings. The zero-order chi connectivity index (χ0) is 37.5. The maximum atomic E-state index is 12.9. The first-order chi connectivity index (χ1) is 23.9. The van der Waals surface area contributed by atoms with Gasteiger partial charge in [-0.05, 0) is 99.7 Å². The van der Waals surface area contributed by atoms with Crippen LogP contribution in [-0.4, -0.2) is 78.5 Å². The van der Waals surface area contributed by atoms with Crippen molar-refractivity contribution in [2.75, 3.05) is 7.11 Å². The molecule has 0 radical (unpaired) electrons. The summed E-state index contributed by atoms with van der Waals surface area (Å²) in [6.45, 7) is 14.7. The maximum Gasteiger partial charge on any atom is 0.339 e. The number of fused-ring (bicyclic) bond motifs is 5. The summed E-state index contributed by atoms with van der Waals surface area (Å²) in [4.78, 5) is 49.5. The average molecular weight is 717 g/mol. The molecule has 11 heteroatoms. The second kappa shape index (κ2) is 15.3. The number of allylic oxidation sites excluding steroid dienone is 3. The normalized spacial score (nSPS) is 38.1. The molecule has 4 fully saturated rings. The highest BCUT2D eigenvalue weighted by Gasteiger charge is 2.59. The second-order valence-electron chi connectivity index (χ2n) is 17.0. The molecule has 0 bridgehead atoms. The molecule has 0 aromatic heterocycles. The van der Waals surface area contributed by atoms with Crippen molar-refractivity contribution in [1.29, 1.82) is 0 Å². The summed E-state index contributed by atoms with van der Waals surface area (Å²) in [5.41, 5.74) is 2.56. The van der Waals surface area contributed by atoms with E-state index in [-0.39, 0.29) is 16.9 Å². The Bertz CT molecular complexity index is 1390. The van der Waals surface area contributed by atoms with Crippen LogP contribution < -0.4 is 0 Å². The minimum absolute atomic E-state index is 0.0142. The summed E-state index contributed by atoms with van der Waals surface area (Å²) in [7, 11) is 1.17. The predicted molar refractivity (Wildman–Crippen MR) is 187 cm³/mol. The first-order valence-corrected chi connectivity index (χ1v) is 18.9.